The summed E-state index contributed by atoms with van der Waals surface area (Å²) in [5.74, 6) is -5.64. The lowest BCUT2D eigenvalue weighted by Crippen LogP contribution is -2.54. The fraction of sp³-hybridized carbons (Fsp3) is 0.625. The van der Waals surface area contributed by atoms with Crippen molar-refractivity contribution in [1.29, 1.82) is 0 Å². The Morgan fingerprint density at radius 3 is 2.01 bits per heavy atom. The predicted molar refractivity (Wildman–Crippen MR) is 330 cm³/mol. The molecule has 0 radical (unpaired) electrons. The van der Waals surface area contributed by atoms with Gasteiger partial charge in [-0.15, -0.1) is 11.3 Å². The zero-order valence-corrected chi connectivity index (χ0v) is 53.2. The van der Waals surface area contributed by atoms with Crippen molar-refractivity contribution in [2.24, 2.45) is 64.5 Å². The third-order valence-corrected chi connectivity index (χ3v) is 18.2. The third-order valence-electron chi connectivity index (χ3n) is 17.3. The number of rotatable bonds is 35. The van der Waals surface area contributed by atoms with E-state index in [1.807, 2.05) is 76.9 Å². The van der Waals surface area contributed by atoms with Crippen molar-refractivity contribution in [1.82, 2.24) is 25.0 Å². The highest BCUT2D eigenvalue weighted by Crippen LogP contribution is 2.35. The normalized spacial score (nSPS) is 17.3. The molecule has 1 fully saturated rings. The molecule has 2 heterocycles. The molecule has 1 aliphatic rings. The van der Waals surface area contributed by atoms with Crippen LogP contribution in [0.25, 0.3) is 0 Å². The van der Waals surface area contributed by atoms with Crippen molar-refractivity contribution in [3.8, 4) is 0 Å². The van der Waals surface area contributed by atoms with Crippen LogP contribution in [0.2, 0.25) is 0 Å². The second kappa shape index (κ2) is 33.9. The number of nitrogens with two attached hydrogens (primary N) is 3. The first kappa shape index (κ1) is 70.9. The Kier molecular flexibility index (Phi) is 28.3. The maximum atomic E-state index is 14.9. The van der Waals surface area contributed by atoms with E-state index in [9.17, 15) is 43.2 Å². The largest absolute Gasteiger partial charge is 0.431 e. The number of likely N-dealkylation sites (tertiary alicyclic amines) is 1. The van der Waals surface area contributed by atoms with Gasteiger partial charge in [-0.05, 0) is 79.4 Å². The quantitative estimate of drug-likeness (QED) is 0.0346. The highest BCUT2D eigenvalue weighted by molar-refractivity contribution is 7.09. The number of methoxy groups -OCH3 is 1. The van der Waals surface area contributed by atoms with Gasteiger partial charge in [0, 0.05) is 106 Å². The number of benzene rings is 2. The summed E-state index contributed by atoms with van der Waals surface area (Å²) in [5, 5.41) is 8.13. The molecule has 2 unspecified atom stereocenters. The van der Waals surface area contributed by atoms with Gasteiger partial charge >= 0.3 is 12.1 Å². The number of hydrogen-bond donors (Lipinski definition) is 5. The van der Waals surface area contributed by atoms with Crippen LogP contribution >= 0.6 is 11.3 Å². The molecule has 85 heavy (non-hydrogen) atoms. The molecule has 12 atom stereocenters. The number of nitrogens with one attached hydrogen (secondary N) is 2. The molecule has 1 saturated heterocycles. The monoisotopic (exact) mass is 1200 g/mol. The molecule has 0 aliphatic carbocycles. The average Bonchev–Trinajstić information content (AvgIpc) is 4.10. The van der Waals surface area contributed by atoms with Gasteiger partial charge in [0.1, 0.15) is 5.78 Å². The van der Waals surface area contributed by atoms with Crippen LogP contribution in [0.5, 0.6) is 0 Å². The minimum absolute atomic E-state index is 0.00323. The molecule has 4 rings (SSSR count). The Bertz CT molecular complexity index is 2670. The highest BCUT2D eigenvalue weighted by Gasteiger charge is 2.43. The zero-order chi connectivity index (χ0) is 63.4. The summed E-state index contributed by atoms with van der Waals surface area (Å²) in [6, 6.07) is 12.7. The number of carbonyl (C=O) groups is 9. The predicted octanol–water partition coefficient (Wildman–Crippen LogP) is 8.47. The van der Waals surface area contributed by atoms with Gasteiger partial charge in [-0.2, -0.15) is 0 Å². The molecule has 20 nitrogen and oxygen atoms in total. The van der Waals surface area contributed by atoms with E-state index >= 15 is 0 Å². The molecule has 0 spiro atoms. The van der Waals surface area contributed by atoms with E-state index in [0.717, 1.165) is 28.3 Å². The number of ether oxygens (including phenoxy) is 2. The number of thiazole rings is 1. The van der Waals surface area contributed by atoms with Gasteiger partial charge in [0.25, 0.3) is 5.91 Å². The Balaban J connectivity index is 1.45. The molecule has 0 bridgehead atoms. The molecule has 3 aromatic rings. The number of nitrogens with zero attached hydrogens (tertiary/aromatic N) is 4. The van der Waals surface area contributed by atoms with Crippen molar-refractivity contribution < 1.29 is 52.6 Å². The molecule has 7 amide bonds. The van der Waals surface area contributed by atoms with Crippen molar-refractivity contribution in [3.63, 3.8) is 0 Å². The van der Waals surface area contributed by atoms with Crippen molar-refractivity contribution >= 4 is 70.1 Å². The van der Waals surface area contributed by atoms with E-state index in [-0.39, 0.29) is 103 Å². The van der Waals surface area contributed by atoms with Crippen molar-refractivity contribution in [3.05, 3.63) is 82.3 Å². The van der Waals surface area contributed by atoms with Crippen molar-refractivity contribution in [2.45, 2.75) is 176 Å². The number of amides is 7. The van der Waals surface area contributed by atoms with Gasteiger partial charge in [-0.3, -0.25) is 33.6 Å². The SMILES string of the molecule is CC[C@H](C)[C@@H]([C@@H](CC(=O)N1CCC[C@H]1[C@H](C)[C@@H](C)C(=O)CC(Cc1ccccc1)c1nccs1)OC)N(C)C(=O)[C@@H](CC(=O)[C@H](C(C)C)N(C)C(=O)OC(C(N)=O)c1ccc(NC(=O)[C@H](CCCNC(N)=O)CC(=O)[C@@H](N)C(C)C)cc1)C(C)C. The van der Waals surface area contributed by atoms with E-state index in [0.29, 0.717) is 37.9 Å². The van der Waals surface area contributed by atoms with Crippen LogP contribution in [0.15, 0.2) is 66.2 Å². The van der Waals surface area contributed by atoms with E-state index in [1.165, 1.54) is 31.3 Å². The molecule has 21 heteroatoms. The summed E-state index contributed by atoms with van der Waals surface area (Å²) in [6.45, 7) is 19.6. The number of carbonyl (C=O) groups excluding carboxylic acids is 9. The Morgan fingerprint density at radius 2 is 1.46 bits per heavy atom. The number of ketones is 3. The van der Waals surface area contributed by atoms with Crippen LogP contribution in [-0.4, -0.2) is 137 Å². The van der Waals surface area contributed by atoms with Gasteiger partial charge in [0.2, 0.25) is 23.8 Å². The molecule has 2 aromatic carbocycles. The lowest BCUT2D eigenvalue weighted by molar-refractivity contribution is -0.148. The van der Waals surface area contributed by atoms with E-state index < -0.39 is 77.8 Å². The molecule has 0 saturated carbocycles. The summed E-state index contributed by atoms with van der Waals surface area (Å²) in [4.78, 5) is 132. The smallest absolute Gasteiger partial charge is 0.411 e. The summed E-state index contributed by atoms with van der Waals surface area (Å²) >= 11 is 1.56. The fourth-order valence-electron chi connectivity index (χ4n) is 11.8. The number of primary amides is 2. The Hall–Kier alpha value is -6.58. The number of urea groups is 1. The van der Waals surface area contributed by atoms with Crippen LogP contribution < -0.4 is 27.8 Å². The average molecular weight is 1200 g/mol. The summed E-state index contributed by atoms with van der Waals surface area (Å²) < 4.78 is 11.9. The first-order valence-corrected chi connectivity index (χ1v) is 31.0. The van der Waals surface area contributed by atoms with Gasteiger partial charge in [0.05, 0.1) is 35.7 Å². The first-order chi connectivity index (χ1) is 40.1. The van der Waals surface area contributed by atoms with E-state index in [2.05, 4.69) is 34.7 Å². The first-order valence-electron chi connectivity index (χ1n) is 30.2. The van der Waals surface area contributed by atoms with Crippen LogP contribution in [0.4, 0.5) is 15.3 Å². The Morgan fingerprint density at radius 1 is 0.800 bits per heavy atom. The minimum Gasteiger partial charge on any atom is -0.431 e. The number of aromatic nitrogens is 1. The number of anilines is 1. The Labute approximate surface area is 507 Å². The lowest BCUT2D eigenvalue weighted by Gasteiger charge is -2.41. The highest BCUT2D eigenvalue weighted by atomic mass is 32.1. The van der Waals surface area contributed by atoms with Gasteiger partial charge < -0.3 is 52.0 Å². The van der Waals surface area contributed by atoms with E-state index in [1.54, 1.807) is 50.4 Å². The molecular formula is C64H97N9O11S. The van der Waals surface area contributed by atoms with Crippen molar-refractivity contribution in [2.75, 3.05) is 39.6 Å². The fourth-order valence-corrected chi connectivity index (χ4v) is 12.5. The van der Waals surface area contributed by atoms with Crippen LogP contribution in [0, 0.1) is 47.3 Å². The van der Waals surface area contributed by atoms with Crippen LogP contribution in [0.3, 0.4) is 0 Å². The van der Waals surface area contributed by atoms with Gasteiger partial charge in [-0.25, -0.2) is 14.6 Å². The maximum Gasteiger partial charge on any atom is 0.411 e. The summed E-state index contributed by atoms with van der Waals surface area (Å²) in [5.41, 5.74) is 18.7. The molecule has 1 aliphatic heterocycles. The molecule has 470 valence electrons. The second-order valence-corrected chi connectivity index (χ2v) is 25.3. The number of Topliss-reactive ketones (excluding diaryl/α,β-unsaturated/α-hetero) is 3. The third kappa shape index (κ3) is 20.3. The zero-order valence-electron chi connectivity index (χ0n) is 52.4. The molecule has 1 aromatic heterocycles. The number of hydrogen-bond acceptors (Lipinski definition) is 14. The summed E-state index contributed by atoms with van der Waals surface area (Å²) in [7, 11) is 4.61. The minimum atomic E-state index is -1.60. The van der Waals surface area contributed by atoms with Gasteiger partial charge in [-0.1, -0.05) is 118 Å². The van der Waals surface area contributed by atoms with Gasteiger partial charge in [0.15, 0.2) is 11.6 Å². The second-order valence-electron chi connectivity index (χ2n) is 24.3. The van der Waals surface area contributed by atoms with E-state index in [4.69, 9.17) is 26.7 Å². The standard InChI is InChI=1S/C64H97N9O11S/c1-14-40(8)57(53(83-13)36-54(77)73-30-19-23-49(73)41(9)42(10)50(74)34-46(61-68-29-31-85-61)32-43-20-16-15-17-21-43)71(11)62(80)48(37(2)3)35-52(76)56(39(6)7)72(12)64(82)84-58(59(66)78)44-24-26-47(27-25-44)70-60(79)45(22-18-28-69-63(67)81)33-51(75)55(65)38(4)5/h15-17,20-21,24-27,29,31,37-42,45-46,48-49,53,55-58H,14,18-19,22-23,28,30,32-36,65H2,1-13H3,(H2,66,78)(H,70,79)(H3,67,69,81)/t40-,41+,42+,45+,46?,48-,49-,53+,55-,56-,57-,58?/m0/s1. The maximum absolute atomic E-state index is 14.9. The lowest BCUT2D eigenvalue weighted by atomic mass is 9.81. The molecular weight excluding hydrogens is 1100 g/mol. The molecule has 8 N–H and O–H groups in total. The summed E-state index contributed by atoms with van der Waals surface area (Å²) in [6.07, 6.45) is 1.94. The van der Waals surface area contributed by atoms with Crippen LogP contribution in [0.1, 0.15) is 155 Å². The topological polar surface area (TPSA) is 297 Å². The van der Waals surface area contributed by atoms with Crippen LogP contribution in [-0.2, 0) is 49.5 Å². The number of likely N-dealkylation sites (N-methyl/N-ethyl adjacent to an activating group) is 2.